The second-order valence-corrected chi connectivity index (χ2v) is 3.01. The van der Waals surface area contributed by atoms with Gasteiger partial charge in [-0.1, -0.05) is 6.08 Å². The molecule has 0 aliphatic rings. The SMILES string of the molecule is C=CC(C)(CCOCCO)C(=O)O. The van der Waals surface area contributed by atoms with E-state index in [4.69, 9.17) is 14.9 Å². The van der Waals surface area contributed by atoms with Gasteiger partial charge in [-0.05, 0) is 13.3 Å². The average Bonchev–Trinajstić information content (AvgIpc) is 2.12. The van der Waals surface area contributed by atoms with Gasteiger partial charge in [-0.3, -0.25) is 4.79 Å². The molecular formula is C9H16O4. The number of carboxylic acids is 1. The zero-order valence-corrected chi connectivity index (χ0v) is 7.82. The normalized spacial score (nSPS) is 14.9. The molecule has 0 heterocycles. The highest BCUT2D eigenvalue weighted by atomic mass is 16.5. The molecule has 2 N–H and O–H groups in total. The van der Waals surface area contributed by atoms with Gasteiger partial charge in [0.05, 0.1) is 18.6 Å². The van der Waals surface area contributed by atoms with E-state index in [1.807, 2.05) is 0 Å². The molecule has 0 fully saturated rings. The topological polar surface area (TPSA) is 66.8 Å². The van der Waals surface area contributed by atoms with Gasteiger partial charge in [-0.25, -0.2) is 0 Å². The number of carbonyl (C=O) groups is 1. The van der Waals surface area contributed by atoms with Gasteiger partial charge in [0.2, 0.25) is 0 Å². The van der Waals surface area contributed by atoms with Crippen LogP contribution >= 0.6 is 0 Å². The molecule has 0 radical (unpaired) electrons. The number of aliphatic hydroxyl groups excluding tert-OH is 1. The minimum absolute atomic E-state index is 0.0438. The fourth-order valence-corrected chi connectivity index (χ4v) is 0.747. The molecule has 0 aromatic rings. The molecule has 0 aliphatic heterocycles. The van der Waals surface area contributed by atoms with E-state index in [0.29, 0.717) is 13.0 Å². The second-order valence-electron chi connectivity index (χ2n) is 3.01. The van der Waals surface area contributed by atoms with Gasteiger partial charge in [0, 0.05) is 6.61 Å². The van der Waals surface area contributed by atoms with E-state index in [-0.39, 0.29) is 13.2 Å². The van der Waals surface area contributed by atoms with Crippen molar-refractivity contribution < 1.29 is 19.7 Å². The molecule has 4 heteroatoms. The maximum Gasteiger partial charge on any atom is 0.313 e. The van der Waals surface area contributed by atoms with Crippen LogP contribution in [0, 0.1) is 5.41 Å². The Kier molecular flexibility index (Phi) is 5.34. The highest BCUT2D eigenvalue weighted by Crippen LogP contribution is 2.22. The number of hydrogen-bond donors (Lipinski definition) is 2. The minimum Gasteiger partial charge on any atom is -0.481 e. The van der Waals surface area contributed by atoms with Crippen molar-refractivity contribution in [3.63, 3.8) is 0 Å². The van der Waals surface area contributed by atoms with Gasteiger partial charge in [-0.15, -0.1) is 6.58 Å². The van der Waals surface area contributed by atoms with Crippen LogP contribution in [0.4, 0.5) is 0 Å². The van der Waals surface area contributed by atoms with Crippen molar-refractivity contribution in [2.45, 2.75) is 13.3 Å². The molecule has 0 aliphatic carbocycles. The van der Waals surface area contributed by atoms with Crippen LogP contribution in [-0.2, 0) is 9.53 Å². The van der Waals surface area contributed by atoms with Gasteiger partial charge >= 0.3 is 5.97 Å². The van der Waals surface area contributed by atoms with Crippen molar-refractivity contribution in [3.05, 3.63) is 12.7 Å². The van der Waals surface area contributed by atoms with E-state index >= 15 is 0 Å². The zero-order valence-electron chi connectivity index (χ0n) is 7.82. The summed E-state index contributed by atoms with van der Waals surface area (Å²) in [6.07, 6.45) is 1.77. The summed E-state index contributed by atoms with van der Waals surface area (Å²) < 4.78 is 4.97. The number of hydrogen-bond acceptors (Lipinski definition) is 3. The zero-order chi connectivity index (χ0) is 10.3. The Morgan fingerprint density at radius 2 is 2.23 bits per heavy atom. The van der Waals surface area contributed by atoms with Crippen molar-refractivity contribution in [2.24, 2.45) is 5.41 Å². The summed E-state index contributed by atoms with van der Waals surface area (Å²) in [6, 6.07) is 0. The lowest BCUT2D eigenvalue weighted by molar-refractivity contribution is -0.146. The number of rotatable bonds is 7. The van der Waals surface area contributed by atoms with E-state index in [1.54, 1.807) is 6.92 Å². The standard InChI is InChI=1S/C9H16O4/c1-3-9(2,8(11)12)4-6-13-7-5-10/h3,10H,1,4-7H2,2H3,(H,11,12). The first-order valence-electron chi connectivity index (χ1n) is 4.12. The number of aliphatic hydroxyl groups is 1. The molecule has 0 spiro atoms. The largest absolute Gasteiger partial charge is 0.481 e. The summed E-state index contributed by atoms with van der Waals surface area (Å²) in [7, 11) is 0. The van der Waals surface area contributed by atoms with Gasteiger partial charge in [0.1, 0.15) is 0 Å². The van der Waals surface area contributed by atoms with E-state index < -0.39 is 11.4 Å². The Balaban J connectivity index is 3.85. The van der Waals surface area contributed by atoms with Crippen LogP contribution < -0.4 is 0 Å². The van der Waals surface area contributed by atoms with Crippen LogP contribution in [0.3, 0.4) is 0 Å². The Morgan fingerprint density at radius 3 is 2.62 bits per heavy atom. The van der Waals surface area contributed by atoms with Crippen LogP contribution in [0.15, 0.2) is 12.7 Å². The lowest BCUT2D eigenvalue weighted by Crippen LogP contribution is -2.26. The number of carboxylic acid groups (broad SMARTS) is 1. The third kappa shape index (κ3) is 4.05. The summed E-state index contributed by atoms with van der Waals surface area (Å²) >= 11 is 0. The molecule has 76 valence electrons. The summed E-state index contributed by atoms with van der Waals surface area (Å²) in [5.74, 6) is -0.907. The first-order chi connectivity index (χ1) is 6.06. The van der Waals surface area contributed by atoms with Crippen molar-refractivity contribution in [3.8, 4) is 0 Å². The smallest absolute Gasteiger partial charge is 0.313 e. The van der Waals surface area contributed by atoms with Gasteiger partial charge in [-0.2, -0.15) is 0 Å². The van der Waals surface area contributed by atoms with Crippen molar-refractivity contribution >= 4 is 5.97 Å². The molecule has 1 unspecified atom stereocenters. The fraction of sp³-hybridized carbons (Fsp3) is 0.667. The Bertz CT molecular complexity index is 178. The van der Waals surface area contributed by atoms with Crippen molar-refractivity contribution in [1.82, 2.24) is 0 Å². The van der Waals surface area contributed by atoms with E-state index in [1.165, 1.54) is 6.08 Å². The molecular weight excluding hydrogens is 172 g/mol. The van der Waals surface area contributed by atoms with E-state index in [9.17, 15) is 4.79 Å². The van der Waals surface area contributed by atoms with Crippen molar-refractivity contribution in [2.75, 3.05) is 19.8 Å². The predicted octanol–water partition coefficient (Wildman–Crippen LogP) is 0.662. The third-order valence-electron chi connectivity index (χ3n) is 1.94. The average molecular weight is 188 g/mol. The minimum atomic E-state index is -0.935. The summed E-state index contributed by atoms with van der Waals surface area (Å²) in [5.41, 5.74) is -0.935. The third-order valence-corrected chi connectivity index (χ3v) is 1.94. The van der Waals surface area contributed by atoms with Gasteiger partial charge in [0.25, 0.3) is 0 Å². The van der Waals surface area contributed by atoms with Crippen LogP contribution in [0.1, 0.15) is 13.3 Å². The summed E-state index contributed by atoms with van der Waals surface area (Å²) in [4.78, 5) is 10.7. The number of ether oxygens (including phenoxy) is 1. The molecule has 0 aromatic heterocycles. The lowest BCUT2D eigenvalue weighted by atomic mass is 9.88. The highest BCUT2D eigenvalue weighted by molar-refractivity contribution is 5.76. The van der Waals surface area contributed by atoms with Crippen LogP contribution in [0.2, 0.25) is 0 Å². The van der Waals surface area contributed by atoms with Crippen LogP contribution in [0.25, 0.3) is 0 Å². The predicted molar refractivity (Wildman–Crippen MR) is 48.5 cm³/mol. The second kappa shape index (κ2) is 5.72. The Hall–Kier alpha value is -0.870. The molecule has 4 nitrogen and oxygen atoms in total. The maximum atomic E-state index is 10.7. The van der Waals surface area contributed by atoms with Crippen molar-refractivity contribution in [1.29, 1.82) is 0 Å². The molecule has 0 rings (SSSR count). The monoisotopic (exact) mass is 188 g/mol. The maximum absolute atomic E-state index is 10.7. The van der Waals surface area contributed by atoms with Gasteiger partial charge < -0.3 is 14.9 Å². The van der Waals surface area contributed by atoms with Crippen LogP contribution in [0.5, 0.6) is 0 Å². The van der Waals surface area contributed by atoms with E-state index in [2.05, 4.69) is 6.58 Å². The molecule has 0 saturated carbocycles. The van der Waals surface area contributed by atoms with Crippen LogP contribution in [-0.4, -0.2) is 36.0 Å². The molecule has 0 amide bonds. The lowest BCUT2D eigenvalue weighted by Gasteiger charge is -2.19. The number of aliphatic carboxylic acids is 1. The van der Waals surface area contributed by atoms with Gasteiger partial charge in [0.15, 0.2) is 0 Å². The summed E-state index contributed by atoms with van der Waals surface area (Å²) in [6.45, 7) is 5.57. The highest BCUT2D eigenvalue weighted by Gasteiger charge is 2.28. The fourth-order valence-electron chi connectivity index (χ4n) is 0.747. The van der Waals surface area contributed by atoms with E-state index in [0.717, 1.165) is 0 Å². The molecule has 0 saturated heterocycles. The molecule has 0 aromatic carbocycles. The first-order valence-corrected chi connectivity index (χ1v) is 4.12. The molecule has 13 heavy (non-hydrogen) atoms. The quantitative estimate of drug-likeness (QED) is 0.455. The first kappa shape index (κ1) is 12.1. The Labute approximate surface area is 77.8 Å². The Morgan fingerprint density at radius 1 is 1.62 bits per heavy atom. The molecule has 0 bridgehead atoms. The molecule has 1 atom stereocenters. The summed E-state index contributed by atoms with van der Waals surface area (Å²) in [5, 5.41) is 17.2.